The molecule has 0 spiro atoms. The number of hydrogen-bond acceptors (Lipinski definition) is 4. The van der Waals surface area contributed by atoms with Gasteiger partial charge in [0.2, 0.25) is 0 Å². The third kappa shape index (κ3) is 2.01. The van der Waals surface area contributed by atoms with Gasteiger partial charge in [-0.25, -0.2) is 0 Å². The first kappa shape index (κ1) is 14.8. The van der Waals surface area contributed by atoms with Crippen LogP contribution in [0.1, 0.15) is 38.7 Å². The van der Waals surface area contributed by atoms with E-state index in [9.17, 15) is 9.90 Å². The number of benzene rings is 1. The Hall–Kier alpha value is -2.82. The molecule has 1 aromatic heterocycles. The second-order valence-corrected chi connectivity index (χ2v) is 6.15. The highest BCUT2D eigenvalue weighted by molar-refractivity contribution is 5.98. The van der Waals surface area contributed by atoms with E-state index < -0.39 is 0 Å². The Morgan fingerprint density at radius 3 is 3.00 bits per heavy atom. The number of phenolic OH excluding ortho intramolecular Hbond substituents is 1. The minimum Gasteiger partial charge on any atom is -0.504 e. The predicted molar refractivity (Wildman–Crippen MR) is 90.2 cm³/mol. The van der Waals surface area contributed by atoms with Crippen molar-refractivity contribution in [3.05, 3.63) is 58.9 Å². The summed E-state index contributed by atoms with van der Waals surface area (Å²) >= 11 is 0. The molecule has 0 unspecified atom stereocenters. The minimum atomic E-state index is -0.0772. The summed E-state index contributed by atoms with van der Waals surface area (Å²) in [5.41, 5.74) is 4.64. The Morgan fingerprint density at radius 1 is 1.42 bits per heavy atom. The molecule has 24 heavy (non-hydrogen) atoms. The van der Waals surface area contributed by atoms with Gasteiger partial charge in [-0.2, -0.15) is 0 Å². The summed E-state index contributed by atoms with van der Waals surface area (Å²) < 4.78 is 5.21. The van der Waals surface area contributed by atoms with Crippen molar-refractivity contribution in [3.63, 3.8) is 0 Å². The number of rotatable bonds is 2. The first-order chi connectivity index (χ1) is 11.6. The van der Waals surface area contributed by atoms with Gasteiger partial charge in [0, 0.05) is 18.9 Å². The molecule has 0 fully saturated rings. The summed E-state index contributed by atoms with van der Waals surface area (Å²) in [6.45, 7) is 4.48. The summed E-state index contributed by atoms with van der Waals surface area (Å²) in [4.78, 5) is 18.9. The Labute approximate surface area is 140 Å². The van der Waals surface area contributed by atoms with Crippen molar-refractivity contribution in [2.75, 3.05) is 13.7 Å². The molecule has 0 aliphatic carbocycles. The van der Waals surface area contributed by atoms with Crippen molar-refractivity contribution in [1.82, 2.24) is 9.88 Å². The Balaban J connectivity index is 1.85. The summed E-state index contributed by atoms with van der Waals surface area (Å²) in [5.74, 6) is 0.578. The fourth-order valence-corrected chi connectivity index (χ4v) is 3.78. The number of fused-ring (bicyclic) bond motifs is 4. The quantitative estimate of drug-likeness (QED) is 0.923. The maximum atomic E-state index is 12.9. The molecule has 0 saturated heterocycles. The molecule has 1 aromatic carbocycles. The molecule has 1 atom stereocenters. The SMILES string of the molecule is C=Cc1cncc2c1C[C@@H]1c3cc(O)c(OC)cc3CCN1C2=O. The Kier molecular flexibility index (Phi) is 3.30. The molecule has 3 heterocycles. The summed E-state index contributed by atoms with van der Waals surface area (Å²) in [6.07, 6.45) is 6.57. The third-order valence-electron chi connectivity index (χ3n) is 5.00. The number of pyridine rings is 1. The molecule has 0 bridgehead atoms. The molecule has 2 aliphatic rings. The van der Waals surface area contributed by atoms with E-state index in [2.05, 4.69) is 11.6 Å². The normalized spacial score (nSPS) is 18.5. The molecule has 2 aliphatic heterocycles. The smallest absolute Gasteiger partial charge is 0.256 e. The molecule has 4 rings (SSSR count). The van der Waals surface area contributed by atoms with Gasteiger partial charge in [0.1, 0.15) is 0 Å². The first-order valence-electron chi connectivity index (χ1n) is 7.94. The molecule has 1 N–H and O–H groups in total. The number of phenols is 1. The molecule has 0 radical (unpaired) electrons. The van der Waals surface area contributed by atoms with Crippen LogP contribution in [0.2, 0.25) is 0 Å². The van der Waals surface area contributed by atoms with Gasteiger partial charge >= 0.3 is 0 Å². The third-order valence-corrected chi connectivity index (χ3v) is 5.00. The van der Waals surface area contributed by atoms with Crippen LogP contribution < -0.4 is 4.74 Å². The molecule has 5 heteroatoms. The van der Waals surface area contributed by atoms with Gasteiger partial charge in [-0.05, 0) is 47.2 Å². The van der Waals surface area contributed by atoms with Crippen LogP contribution in [0.15, 0.2) is 31.1 Å². The number of amides is 1. The van der Waals surface area contributed by atoms with Crippen molar-refractivity contribution < 1.29 is 14.6 Å². The lowest BCUT2D eigenvalue weighted by Gasteiger charge is -2.41. The summed E-state index contributed by atoms with van der Waals surface area (Å²) in [6, 6.07) is 3.53. The van der Waals surface area contributed by atoms with E-state index in [0.717, 1.165) is 28.7 Å². The second kappa shape index (κ2) is 5.37. The lowest BCUT2D eigenvalue weighted by Crippen LogP contribution is -2.44. The van der Waals surface area contributed by atoms with E-state index >= 15 is 0 Å². The van der Waals surface area contributed by atoms with E-state index in [4.69, 9.17) is 4.74 Å². The van der Waals surface area contributed by atoms with E-state index in [1.54, 1.807) is 31.6 Å². The molecular weight excluding hydrogens is 304 g/mol. The van der Waals surface area contributed by atoms with E-state index in [1.807, 2.05) is 11.0 Å². The summed E-state index contributed by atoms with van der Waals surface area (Å²) in [7, 11) is 1.54. The largest absolute Gasteiger partial charge is 0.504 e. The van der Waals surface area contributed by atoms with Crippen LogP contribution in [0.3, 0.4) is 0 Å². The van der Waals surface area contributed by atoms with E-state index in [-0.39, 0.29) is 17.7 Å². The monoisotopic (exact) mass is 322 g/mol. The van der Waals surface area contributed by atoms with Crippen molar-refractivity contribution in [2.45, 2.75) is 18.9 Å². The standard InChI is InChI=1S/C19H18N2O3/c1-3-11-9-20-10-15-13(11)7-16-14-8-17(22)18(24-2)6-12(14)4-5-21(16)19(15)23/h3,6,8-10,16,22H,1,4-5,7H2,2H3/t16-/m1/s1. The average Bonchev–Trinajstić information content (AvgIpc) is 2.61. The number of ether oxygens (including phenoxy) is 1. The Bertz CT molecular complexity index is 860. The van der Waals surface area contributed by atoms with E-state index in [0.29, 0.717) is 24.3 Å². The fraction of sp³-hybridized carbons (Fsp3) is 0.263. The number of hydrogen-bond donors (Lipinski definition) is 1. The van der Waals surface area contributed by atoms with Crippen molar-refractivity contribution in [1.29, 1.82) is 0 Å². The first-order valence-corrected chi connectivity index (χ1v) is 7.94. The number of nitrogens with zero attached hydrogens (tertiary/aromatic N) is 2. The van der Waals surface area contributed by atoms with Crippen LogP contribution in [0.4, 0.5) is 0 Å². The molecule has 0 saturated carbocycles. The summed E-state index contributed by atoms with van der Waals surface area (Å²) in [5, 5.41) is 10.2. The van der Waals surface area contributed by atoms with Crippen LogP contribution in [0, 0.1) is 0 Å². The topological polar surface area (TPSA) is 62.7 Å². The van der Waals surface area contributed by atoms with Gasteiger partial charge in [0.05, 0.1) is 18.7 Å². The molecule has 2 aromatic rings. The van der Waals surface area contributed by atoms with Gasteiger partial charge in [-0.15, -0.1) is 0 Å². The zero-order valence-electron chi connectivity index (χ0n) is 13.5. The van der Waals surface area contributed by atoms with Crippen LogP contribution >= 0.6 is 0 Å². The van der Waals surface area contributed by atoms with Crippen LogP contribution in [0.5, 0.6) is 11.5 Å². The van der Waals surface area contributed by atoms with E-state index in [1.165, 1.54) is 0 Å². The molecular formula is C19H18N2O3. The van der Waals surface area contributed by atoms with Gasteiger partial charge in [-0.1, -0.05) is 12.7 Å². The highest BCUT2D eigenvalue weighted by atomic mass is 16.5. The number of carbonyl (C=O) groups excluding carboxylic acids is 1. The van der Waals surface area contributed by atoms with Gasteiger partial charge in [0.15, 0.2) is 11.5 Å². The van der Waals surface area contributed by atoms with Crippen LogP contribution in [-0.2, 0) is 12.8 Å². The van der Waals surface area contributed by atoms with Crippen LogP contribution in [-0.4, -0.2) is 34.6 Å². The van der Waals surface area contributed by atoms with Gasteiger partial charge < -0.3 is 14.7 Å². The fourth-order valence-electron chi connectivity index (χ4n) is 3.78. The molecule has 122 valence electrons. The highest BCUT2D eigenvalue weighted by Gasteiger charge is 2.38. The second-order valence-electron chi connectivity index (χ2n) is 6.15. The number of methoxy groups -OCH3 is 1. The lowest BCUT2D eigenvalue weighted by molar-refractivity contribution is 0.0630. The average molecular weight is 322 g/mol. The number of aromatic nitrogens is 1. The van der Waals surface area contributed by atoms with Crippen molar-refractivity contribution >= 4 is 12.0 Å². The molecule has 5 nitrogen and oxygen atoms in total. The van der Waals surface area contributed by atoms with Crippen molar-refractivity contribution in [3.8, 4) is 11.5 Å². The zero-order valence-corrected chi connectivity index (χ0v) is 13.5. The predicted octanol–water partition coefficient (Wildman–Crippen LogP) is 2.73. The van der Waals surface area contributed by atoms with Crippen LogP contribution in [0.25, 0.3) is 6.08 Å². The maximum Gasteiger partial charge on any atom is 0.256 e. The van der Waals surface area contributed by atoms with Crippen molar-refractivity contribution in [2.24, 2.45) is 0 Å². The highest BCUT2D eigenvalue weighted by Crippen LogP contribution is 2.42. The Morgan fingerprint density at radius 2 is 2.25 bits per heavy atom. The zero-order chi connectivity index (χ0) is 16.8. The number of aromatic hydroxyl groups is 1. The number of carbonyl (C=O) groups is 1. The van der Waals surface area contributed by atoms with Gasteiger partial charge in [0.25, 0.3) is 5.91 Å². The van der Waals surface area contributed by atoms with Gasteiger partial charge in [-0.3, -0.25) is 9.78 Å². The minimum absolute atomic E-state index is 0.00147. The lowest BCUT2D eigenvalue weighted by atomic mass is 9.82. The molecule has 1 amide bonds. The maximum absolute atomic E-state index is 12.9.